The number of halogens is 2. The number of aliphatic imine (C=N–C) groups is 1. The van der Waals surface area contributed by atoms with Gasteiger partial charge >= 0.3 is 6.03 Å². The fourth-order valence-corrected chi connectivity index (χ4v) is 4.46. The highest BCUT2D eigenvalue weighted by Crippen LogP contribution is 2.33. The van der Waals surface area contributed by atoms with Gasteiger partial charge in [-0.1, -0.05) is 29.3 Å². The molecule has 0 saturated carbocycles. The van der Waals surface area contributed by atoms with Gasteiger partial charge in [0.25, 0.3) is 0 Å². The predicted octanol–water partition coefficient (Wildman–Crippen LogP) is 6.14. The zero-order valence-electron chi connectivity index (χ0n) is 21.6. The van der Waals surface area contributed by atoms with Crippen molar-refractivity contribution >= 4 is 68.4 Å². The third kappa shape index (κ3) is 8.27. The van der Waals surface area contributed by atoms with Crippen LogP contribution in [0.3, 0.4) is 0 Å². The molecular weight excluding hydrogens is 547 g/mol. The summed E-state index contributed by atoms with van der Waals surface area (Å²) in [7, 11) is -2.42. The van der Waals surface area contributed by atoms with Crippen molar-refractivity contribution in [3.63, 3.8) is 0 Å². The number of nitrogens with zero attached hydrogens (tertiary/aromatic N) is 4. The van der Waals surface area contributed by atoms with E-state index >= 15 is 0 Å². The van der Waals surface area contributed by atoms with Crippen molar-refractivity contribution in [2.24, 2.45) is 9.36 Å². The van der Waals surface area contributed by atoms with Crippen LogP contribution in [0.1, 0.15) is 22.3 Å². The molecule has 38 heavy (non-hydrogen) atoms. The second-order valence-electron chi connectivity index (χ2n) is 8.93. The number of aryl methyl sites for hydroxylation is 3. The molecule has 0 aliphatic rings. The van der Waals surface area contributed by atoms with Crippen LogP contribution in [0.5, 0.6) is 0 Å². The van der Waals surface area contributed by atoms with E-state index in [2.05, 4.69) is 25.0 Å². The Morgan fingerprint density at radius 3 is 2.45 bits per heavy atom. The second kappa shape index (κ2) is 12.4. The third-order valence-corrected chi connectivity index (χ3v) is 6.39. The number of hydrogen-bond acceptors (Lipinski definition) is 6. The molecular formula is C26H28Cl2N6O3S. The van der Waals surface area contributed by atoms with E-state index < -0.39 is 15.8 Å². The molecule has 9 nitrogen and oxygen atoms in total. The summed E-state index contributed by atoms with van der Waals surface area (Å²) in [5, 5.41) is 6.04. The number of pyridine rings is 1. The summed E-state index contributed by atoms with van der Waals surface area (Å²) in [4.78, 5) is 35.0. The van der Waals surface area contributed by atoms with Gasteiger partial charge in [-0.25, -0.2) is 14.0 Å². The molecule has 0 radical (unpaired) electrons. The first-order valence-electron chi connectivity index (χ1n) is 11.4. The minimum atomic E-state index is -2.42. The Bertz CT molecular complexity index is 1530. The van der Waals surface area contributed by atoms with Crippen LogP contribution in [0, 0.1) is 20.8 Å². The van der Waals surface area contributed by atoms with E-state index in [-0.39, 0.29) is 23.2 Å². The summed E-state index contributed by atoms with van der Waals surface area (Å²) in [5.41, 5.74) is 4.40. The first-order chi connectivity index (χ1) is 17.8. The van der Waals surface area contributed by atoms with Gasteiger partial charge < -0.3 is 5.32 Å². The topological polar surface area (TPSA) is 116 Å². The van der Waals surface area contributed by atoms with Gasteiger partial charge in [-0.05, 0) is 73.4 Å². The number of benzene rings is 2. The summed E-state index contributed by atoms with van der Waals surface area (Å²) in [6.45, 7) is 5.59. The van der Waals surface area contributed by atoms with Gasteiger partial charge in [0, 0.05) is 33.5 Å². The zero-order valence-corrected chi connectivity index (χ0v) is 23.9. The number of amides is 3. The van der Waals surface area contributed by atoms with Crippen molar-refractivity contribution in [3.05, 3.63) is 81.1 Å². The SMILES string of the molecule is Cc1cncc(NC(=O)NC(=Nc2cc(C)c(N=S(C)(C)=O)cc2Cl)N(C=O)Cc2cc(Cl)ccc2C)c1. The lowest BCUT2D eigenvalue weighted by Gasteiger charge is -2.22. The van der Waals surface area contributed by atoms with Gasteiger partial charge in [0.2, 0.25) is 12.4 Å². The molecule has 0 spiro atoms. The van der Waals surface area contributed by atoms with Crippen LogP contribution in [0.2, 0.25) is 10.0 Å². The Labute approximate surface area is 232 Å². The van der Waals surface area contributed by atoms with Crippen molar-refractivity contribution in [1.29, 1.82) is 0 Å². The number of nitrogens with one attached hydrogen (secondary N) is 2. The lowest BCUT2D eigenvalue weighted by Crippen LogP contribution is -2.45. The average molecular weight is 576 g/mol. The minimum Gasteiger partial charge on any atom is -0.306 e. The number of anilines is 1. The van der Waals surface area contributed by atoms with Crippen molar-refractivity contribution in [1.82, 2.24) is 15.2 Å². The minimum absolute atomic E-state index is 0.0711. The van der Waals surface area contributed by atoms with Crippen molar-refractivity contribution in [3.8, 4) is 0 Å². The lowest BCUT2D eigenvalue weighted by molar-refractivity contribution is -0.115. The molecule has 2 N–H and O–H groups in total. The number of urea groups is 1. The normalized spacial score (nSPS) is 11.6. The first-order valence-corrected chi connectivity index (χ1v) is 14.5. The van der Waals surface area contributed by atoms with Gasteiger partial charge in [0.1, 0.15) is 0 Å². The first kappa shape index (κ1) is 29.1. The fourth-order valence-electron chi connectivity index (χ4n) is 3.40. The quantitative estimate of drug-likeness (QED) is 0.209. The van der Waals surface area contributed by atoms with Gasteiger partial charge in [0.05, 0.1) is 34.8 Å². The van der Waals surface area contributed by atoms with Crippen LogP contribution in [-0.4, -0.2) is 45.0 Å². The van der Waals surface area contributed by atoms with E-state index in [4.69, 9.17) is 23.2 Å². The molecule has 1 aromatic heterocycles. The highest BCUT2D eigenvalue weighted by atomic mass is 35.5. The van der Waals surface area contributed by atoms with E-state index in [1.54, 1.807) is 43.5 Å². The summed E-state index contributed by atoms with van der Waals surface area (Å²) >= 11 is 12.7. The van der Waals surface area contributed by atoms with Crippen molar-refractivity contribution in [2.45, 2.75) is 27.3 Å². The second-order valence-corrected chi connectivity index (χ2v) is 12.3. The molecule has 0 atom stereocenters. The van der Waals surface area contributed by atoms with Gasteiger partial charge in [-0.3, -0.25) is 20.0 Å². The summed E-state index contributed by atoms with van der Waals surface area (Å²) in [5.74, 6) is -0.0711. The van der Waals surface area contributed by atoms with Crippen LogP contribution in [0.25, 0.3) is 0 Å². The summed E-state index contributed by atoms with van der Waals surface area (Å²) in [6, 6.07) is 9.63. The van der Waals surface area contributed by atoms with Crippen LogP contribution in [0.15, 0.2) is 58.1 Å². The fraction of sp³-hybridized carbons (Fsp3) is 0.231. The number of rotatable bonds is 6. The number of carbonyl (C=O) groups is 2. The average Bonchev–Trinajstić information content (AvgIpc) is 2.81. The molecule has 2 aromatic carbocycles. The molecule has 3 aromatic rings. The maximum Gasteiger partial charge on any atom is 0.326 e. The molecule has 0 aliphatic heterocycles. The highest BCUT2D eigenvalue weighted by molar-refractivity contribution is 7.92. The lowest BCUT2D eigenvalue weighted by atomic mass is 10.1. The van der Waals surface area contributed by atoms with Gasteiger partial charge in [-0.15, -0.1) is 0 Å². The molecule has 3 amide bonds. The Morgan fingerprint density at radius 1 is 1.05 bits per heavy atom. The highest BCUT2D eigenvalue weighted by Gasteiger charge is 2.18. The Balaban J connectivity index is 2.04. The molecule has 0 fully saturated rings. The van der Waals surface area contributed by atoms with E-state index in [0.717, 1.165) is 16.7 Å². The molecule has 12 heteroatoms. The molecule has 200 valence electrons. The van der Waals surface area contributed by atoms with Crippen LogP contribution in [0.4, 0.5) is 21.9 Å². The monoisotopic (exact) mass is 574 g/mol. The molecule has 3 rings (SSSR count). The molecule has 0 bridgehead atoms. The van der Waals surface area contributed by atoms with Gasteiger partial charge in [0.15, 0.2) is 0 Å². The van der Waals surface area contributed by atoms with Gasteiger partial charge in [-0.2, -0.15) is 4.36 Å². The van der Waals surface area contributed by atoms with E-state index in [1.165, 1.54) is 23.6 Å². The summed E-state index contributed by atoms with van der Waals surface area (Å²) in [6.07, 6.45) is 6.76. The third-order valence-electron chi connectivity index (χ3n) is 5.22. The number of guanidine groups is 1. The van der Waals surface area contributed by atoms with Crippen LogP contribution < -0.4 is 10.6 Å². The summed E-state index contributed by atoms with van der Waals surface area (Å²) < 4.78 is 16.4. The van der Waals surface area contributed by atoms with E-state index in [1.807, 2.05) is 19.9 Å². The van der Waals surface area contributed by atoms with E-state index in [9.17, 15) is 13.8 Å². The van der Waals surface area contributed by atoms with Crippen molar-refractivity contribution < 1.29 is 13.8 Å². The molecule has 0 aliphatic carbocycles. The number of aromatic nitrogens is 1. The maximum absolute atomic E-state index is 12.9. The van der Waals surface area contributed by atoms with Crippen LogP contribution in [-0.2, 0) is 21.1 Å². The molecule has 0 saturated heterocycles. The predicted molar refractivity (Wildman–Crippen MR) is 154 cm³/mol. The number of hydrogen-bond donors (Lipinski definition) is 2. The number of carbonyl (C=O) groups excluding carboxylic acids is 2. The largest absolute Gasteiger partial charge is 0.326 e. The standard InChI is InChI=1S/C26H28Cl2N6O3S/c1-16-8-21(13-29-12-16)30-26(36)32-25(34(15-35)14-19-10-20(27)7-6-17(19)2)31-24-9-18(3)23(11-22(24)28)33-38(4,5)37/h6-13,15H,14H2,1-5H3,(H2,30,31,32,36). The molecule has 1 heterocycles. The van der Waals surface area contributed by atoms with Crippen LogP contribution >= 0.6 is 23.2 Å². The maximum atomic E-state index is 12.9. The van der Waals surface area contributed by atoms with Crippen molar-refractivity contribution in [2.75, 3.05) is 17.8 Å². The zero-order chi connectivity index (χ0) is 28.0. The Hall–Kier alpha value is -3.47. The smallest absolute Gasteiger partial charge is 0.306 e. The Morgan fingerprint density at radius 2 is 1.79 bits per heavy atom. The Kier molecular flexibility index (Phi) is 9.48. The van der Waals surface area contributed by atoms with E-state index in [0.29, 0.717) is 28.4 Å². The molecule has 0 unspecified atom stereocenters.